The van der Waals surface area contributed by atoms with Crippen LogP contribution < -0.4 is 0 Å². The van der Waals surface area contributed by atoms with Gasteiger partial charge in [-0.25, -0.2) is 0 Å². The molecule has 0 saturated heterocycles. The number of hydrogen-bond acceptors (Lipinski definition) is 6. The predicted molar refractivity (Wildman–Crippen MR) is 96.7 cm³/mol. The molecule has 8 nitrogen and oxygen atoms in total. The first kappa shape index (κ1) is 16.8. The van der Waals surface area contributed by atoms with Gasteiger partial charge in [0, 0.05) is 11.1 Å². The van der Waals surface area contributed by atoms with E-state index in [4.69, 9.17) is 0 Å². The molecule has 3 aromatic rings. The lowest BCUT2D eigenvalue weighted by atomic mass is 9.78. The number of hydrogen-bond donors (Lipinski definition) is 0. The summed E-state index contributed by atoms with van der Waals surface area (Å²) >= 11 is 0. The molecule has 1 aliphatic rings. The van der Waals surface area contributed by atoms with Crippen molar-refractivity contribution in [2.45, 2.75) is 18.4 Å². The molecule has 134 valence electrons. The summed E-state index contributed by atoms with van der Waals surface area (Å²) in [6.07, 6.45) is 2.16. The summed E-state index contributed by atoms with van der Waals surface area (Å²) in [7, 11) is 0. The quantitative estimate of drug-likeness (QED) is 0.523. The smallest absolute Gasteiger partial charge is 0.390 e. The molecule has 27 heavy (non-hydrogen) atoms. The lowest BCUT2D eigenvalue weighted by molar-refractivity contribution is -0.394. The van der Waals surface area contributed by atoms with Crippen LogP contribution in [0.5, 0.6) is 0 Å². The molecule has 2 aromatic carbocycles. The van der Waals surface area contributed by atoms with Crippen LogP contribution in [-0.4, -0.2) is 30.9 Å². The molecule has 0 radical (unpaired) electrons. The highest BCUT2D eigenvalue weighted by Gasteiger charge is 2.39. The first-order valence-corrected chi connectivity index (χ1v) is 8.42. The molecule has 0 N–H and O–H groups in total. The zero-order valence-electron chi connectivity index (χ0n) is 14.2. The van der Waals surface area contributed by atoms with Crippen LogP contribution in [0.1, 0.15) is 29.5 Å². The van der Waals surface area contributed by atoms with E-state index in [2.05, 4.69) is 15.4 Å². The number of tetrazole rings is 1. The highest BCUT2D eigenvalue weighted by atomic mass is 16.6. The lowest BCUT2D eigenvalue weighted by Crippen LogP contribution is -2.30. The minimum atomic E-state index is -0.777. The molecule has 1 heterocycles. The predicted octanol–water partition coefficient (Wildman–Crippen LogP) is 2.96. The van der Waals surface area contributed by atoms with Gasteiger partial charge in [-0.2, -0.15) is 0 Å². The zero-order valence-corrected chi connectivity index (χ0v) is 14.2. The molecule has 0 aliphatic heterocycles. The lowest BCUT2D eigenvalue weighted by Gasteiger charge is -2.28. The molecule has 4 rings (SSSR count). The average molecular weight is 361 g/mol. The van der Waals surface area contributed by atoms with Crippen molar-refractivity contribution in [1.82, 2.24) is 20.2 Å². The second kappa shape index (κ2) is 6.91. The summed E-state index contributed by atoms with van der Waals surface area (Å²) in [5.41, 5.74) is 2.83. The summed E-state index contributed by atoms with van der Waals surface area (Å²) in [5, 5.41) is 21.9. The van der Waals surface area contributed by atoms with Crippen molar-refractivity contribution >= 4 is 17.3 Å². The van der Waals surface area contributed by atoms with E-state index in [9.17, 15) is 14.9 Å². The number of allylic oxidation sites excluding steroid dienone is 2. The van der Waals surface area contributed by atoms with Crippen molar-refractivity contribution in [2.75, 3.05) is 0 Å². The molecule has 0 spiro atoms. The van der Waals surface area contributed by atoms with Crippen LogP contribution in [-0.2, 0) is 4.79 Å². The average Bonchev–Trinajstić information content (AvgIpc) is 3.19. The topological polar surface area (TPSA) is 104 Å². The molecule has 0 bridgehead atoms. The number of carbonyl (C=O) groups is 1. The van der Waals surface area contributed by atoms with Crippen LogP contribution in [0.4, 0.5) is 5.95 Å². The maximum absolute atomic E-state index is 13.0. The second-order valence-corrected chi connectivity index (χ2v) is 6.27. The fourth-order valence-corrected chi connectivity index (χ4v) is 3.40. The van der Waals surface area contributed by atoms with E-state index in [-0.39, 0.29) is 11.7 Å². The third-order valence-electron chi connectivity index (χ3n) is 4.63. The molecule has 0 amide bonds. The molecular weight excluding hydrogens is 346 g/mol. The van der Waals surface area contributed by atoms with Crippen molar-refractivity contribution in [3.8, 4) is 0 Å². The van der Waals surface area contributed by atoms with E-state index in [0.29, 0.717) is 6.42 Å². The maximum Gasteiger partial charge on any atom is 0.514 e. The van der Waals surface area contributed by atoms with Gasteiger partial charge in [-0.05, 0) is 34.1 Å². The van der Waals surface area contributed by atoms with E-state index in [1.54, 1.807) is 6.08 Å². The molecule has 2 unspecified atom stereocenters. The Labute approximate surface area is 154 Å². The Morgan fingerprint density at radius 1 is 1.04 bits per heavy atom. The minimum absolute atomic E-state index is 0.207. The van der Waals surface area contributed by atoms with Gasteiger partial charge in [0.25, 0.3) is 0 Å². The standard InChI is InChI=1S/C19H15N5O3/c25-17-12-15(13-7-3-1-4-8-13)11-16(14-9-5-2-6-10-14)18(17)23-21-19(20-22-23)24(26)27/h1-10,12,16,18H,11H2. The highest BCUT2D eigenvalue weighted by molar-refractivity contribution is 6.01. The summed E-state index contributed by atoms with van der Waals surface area (Å²) in [6.45, 7) is 0. The summed E-state index contributed by atoms with van der Waals surface area (Å²) in [5.74, 6) is -1.08. The Morgan fingerprint density at radius 2 is 1.70 bits per heavy atom. The SMILES string of the molecule is O=C1C=C(c2ccccc2)CC(c2ccccc2)C1n1nnc([N+](=O)[O-])n1. The van der Waals surface area contributed by atoms with Gasteiger partial charge in [-0.1, -0.05) is 65.5 Å². The third kappa shape index (κ3) is 3.24. The van der Waals surface area contributed by atoms with Crippen molar-refractivity contribution in [1.29, 1.82) is 0 Å². The Bertz CT molecular complexity index is 1010. The summed E-state index contributed by atoms with van der Waals surface area (Å²) in [4.78, 5) is 24.2. The molecule has 1 aliphatic carbocycles. The van der Waals surface area contributed by atoms with Gasteiger partial charge in [0.1, 0.15) is 0 Å². The molecule has 8 heteroatoms. The summed E-state index contributed by atoms with van der Waals surface area (Å²) < 4.78 is 0. The van der Waals surface area contributed by atoms with Gasteiger partial charge in [0.2, 0.25) is 0 Å². The first-order chi connectivity index (χ1) is 13.1. The van der Waals surface area contributed by atoms with Crippen LogP contribution in [0.2, 0.25) is 0 Å². The molecule has 2 atom stereocenters. The Hall–Kier alpha value is -3.68. The molecule has 0 saturated carbocycles. The molecule has 1 aromatic heterocycles. The van der Waals surface area contributed by atoms with E-state index in [1.807, 2.05) is 60.7 Å². The van der Waals surface area contributed by atoms with Gasteiger partial charge in [0.05, 0.1) is 10.2 Å². The maximum atomic E-state index is 13.0. The first-order valence-electron chi connectivity index (χ1n) is 8.42. The largest absolute Gasteiger partial charge is 0.514 e. The van der Waals surface area contributed by atoms with Crippen LogP contribution in [0.25, 0.3) is 5.57 Å². The fourth-order valence-electron chi connectivity index (χ4n) is 3.40. The van der Waals surface area contributed by atoms with Gasteiger partial charge in [-0.3, -0.25) is 4.79 Å². The van der Waals surface area contributed by atoms with Crippen molar-refractivity contribution in [2.24, 2.45) is 0 Å². The van der Waals surface area contributed by atoms with Crippen molar-refractivity contribution < 1.29 is 9.72 Å². The highest BCUT2D eigenvalue weighted by Crippen LogP contribution is 2.41. The van der Waals surface area contributed by atoms with Crippen LogP contribution in [0.15, 0.2) is 66.7 Å². The van der Waals surface area contributed by atoms with E-state index >= 15 is 0 Å². The van der Waals surface area contributed by atoms with Gasteiger partial charge >= 0.3 is 5.95 Å². The van der Waals surface area contributed by atoms with Crippen molar-refractivity contribution in [3.63, 3.8) is 0 Å². The Balaban J connectivity index is 1.79. The zero-order chi connectivity index (χ0) is 18.8. The van der Waals surface area contributed by atoms with Gasteiger partial charge in [0.15, 0.2) is 11.8 Å². The van der Waals surface area contributed by atoms with E-state index in [0.717, 1.165) is 21.5 Å². The number of benzene rings is 2. The van der Waals surface area contributed by atoms with Gasteiger partial charge in [-0.15, -0.1) is 0 Å². The molecule has 0 fully saturated rings. The number of carbonyl (C=O) groups excluding carboxylic acids is 1. The number of aromatic nitrogens is 4. The normalized spacial score (nSPS) is 19.6. The number of nitrogens with zero attached hydrogens (tertiary/aromatic N) is 5. The monoisotopic (exact) mass is 361 g/mol. The number of ketones is 1. The van der Waals surface area contributed by atoms with Crippen LogP contribution in [0.3, 0.4) is 0 Å². The van der Waals surface area contributed by atoms with Crippen molar-refractivity contribution in [3.05, 3.63) is 88.0 Å². The molecular formula is C19H15N5O3. The van der Waals surface area contributed by atoms with Gasteiger partial charge < -0.3 is 10.1 Å². The third-order valence-corrected chi connectivity index (χ3v) is 4.63. The van der Waals surface area contributed by atoms with E-state index < -0.39 is 16.9 Å². The number of nitro groups is 1. The Morgan fingerprint density at radius 3 is 2.33 bits per heavy atom. The second-order valence-electron chi connectivity index (χ2n) is 6.27. The van der Waals surface area contributed by atoms with Crippen LogP contribution in [0, 0.1) is 10.1 Å². The Kier molecular flexibility index (Phi) is 4.29. The fraction of sp³-hybridized carbons (Fsp3) is 0.158. The summed E-state index contributed by atoms with van der Waals surface area (Å²) in [6, 6.07) is 18.5. The number of rotatable bonds is 4. The minimum Gasteiger partial charge on any atom is -0.390 e. The van der Waals surface area contributed by atoms with E-state index in [1.165, 1.54) is 0 Å². The van der Waals surface area contributed by atoms with Crippen LogP contribution >= 0.6 is 0 Å².